The maximum atomic E-state index is 15.0. The molecule has 3 N–H and O–H groups in total. The number of halogens is 1. The summed E-state index contributed by atoms with van der Waals surface area (Å²) in [4.78, 5) is 15.9. The zero-order valence-corrected chi connectivity index (χ0v) is 17.1. The van der Waals surface area contributed by atoms with Crippen LogP contribution in [0.3, 0.4) is 0 Å². The highest BCUT2D eigenvalue weighted by atomic mass is 19.1. The Labute approximate surface area is 181 Å². The van der Waals surface area contributed by atoms with E-state index in [4.69, 9.17) is 12.3 Å². The van der Waals surface area contributed by atoms with Crippen molar-refractivity contribution in [2.75, 3.05) is 0 Å². The molecule has 0 bridgehead atoms. The minimum Gasteiger partial charge on any atom is -0.325 e. The molecule has 3 aromatic carbocycles. The third kappa shape index (κ3) is 2.87. The third-order valence-electron chi connectivity index (χ3n) is 5.64. The molecule has 8 heteroatoms. The Morgan fingerprint density at radius 1 is 1.09 bits per heavy atom. The zero-order chi connectivity index (χ0) is 22.4. The first kappa shape index (κ1) is 19.6. The van der Waals surface area contributed by atoms with Gasteiger partial charge in [0.25, 0.3) is 5.56 Å². The molecule has 0 radical (unpaired) electrons. The molecule has 156 valence electrons. The standard InChI is InChI=1S/C24H17FN6O/c1-27-22-15-6-4-3-5-14(15)20(25)10-18(22)23-19(12-28-31(23)2)13-7-8-16-17(9-13)21(11-26)29-30-24(16)32/h3-10,12H,11,26H2,2H3,(H,30,32). The summed E-state index contributed by atoms with van der Waals surface area (Å²) in [5, 5.41) is 12.9. The van der Waals surface area contributed by atoms with Crippen molar-refractivity contribution >= 4 is 27.2 Å². The normalized spacial score (nSPS) is 11.2. The van der Waals surface area contributed by atoms with Gasteiger partial charge >= 0.3 is 0 Å². The van der Waals surface area contributed by atoms with Crippen LogP contribution >= 0.6 is 0 Å². The Balaban J connectivity index is 1.81. The fourth-order valence-electron chi connectivity index (χ4n) is 4.13. The van der Waals surface area contributed by atoms with E-state index in [0.717, 1.165) is 5.56 Å². The van der Waals surface area contributed by atoms with Crippen molar-refractivity contribution in [2.24, 2.45) is 12.8 Å². The number of aromatic nitrogens is 4. The van der Waals surface area contributed by atoms with Crippen LogP contribution in [0.15, 0.2) is 59.5 Å². The van der Waals surface area contributed by atoms with Crippen molar-refractivity contribution in [1.82, 2.24) is 20.0 Å². The monoisotopic (exact) mass is 424 g/mol. The molecular formula is C24H17FN6O. The average molecular weight is 424 g/mol. The molecule has 0 aliphatic heterocycles. The molecular weight excluding hydrogens is 407 g/mol. The lowest BCUT2D eigenvalue weighted by molar-refractivity contribution is 0.640. The molecule has 2 aromatic heterocycles. The Kier molecular flexibility index (Phi) is 4.54. The first-order valence-electron chi connectivity index (χ1n) is 9.86. The molecule has 0 saturated heterocycles. The van der Waals surface area contributed by atoms with Crippen LogP contribution < -0.4 is 11.3 Å². The molecule has 2 heterocycles. The average Bonchev–Trinajstić information content (AvgIpc) is 3.20. The molecule has 0 aliphatic carbocycles. The van der Waals surface area contributed by atoms with Crippen molar-refractivity contribution in [3.63, 3.8) is 0 Å². The number of hydrogen-bond acceptors (Lipinski definition) is 4. The maximum Gasteiger partial charge on any atom is 0.272 e. The maximum absolute atomic E-state index is 15.0. The van der Waals surface area contributed by atoms with E-state index in [1.54, 1.807) is 54.3 Å². The van der Waals surface area contributed by atoms with Gasteiger partial charge in [-0.05, 0) is 29.1 Å². The van der Waals surface area contributed by atoms with Crippen LogP contribution in [0.4, 0.5) is 10.1 Å². The summed E-state index contributed by atoms with van der Waals surface area (Å²) in [6, 6.07) is 13.7. The summed E-state index contributed by atoms with van der Waals surface area (Å²) in [5.74, 6) is -0.408. The predicted octanol–water partition coefficient (Wildman–Crippen LogP) is 4.29. The van der Waals surface area contributed by atoms with Gasteiger partial charge in [0.15, 0.2) is 0 Å². The van der Waals surface area contributed by atoms with Gasteiger partial charge < -0.3 is 5.73 Å². The number of benzene rings is 3. The summed E-state index contributed by atoms with van der Waals surface area (Å²) < 4.78 is 16.6. The van der Waals surface area contributed by atoms with Crippen LogP contribution in [0.1, 0.15) is 5.69 Å². The number of H-pyrrole nitrogens is 1. The van der Waals surface area contributed by atoms with Gasteiger partial charge in [0.05, 0.1) is 29.5 Å². The van der Waals surface area contributed by atoms with Crippen LogP contribution in [0.5, 0.6) is 0 Å². The van der Waals surface area contributed by atoms with Crippen LogP contribution in [0.2, 0.25) is 0 Å². The van der Waals surface area contributed by atoms with Crippen LogP contribution in [-0.2, 0) is 13.6 Å². The summed E-state index contributed by atoms with van der Waals surface area (Å²) in [5.41, 5.74) is 8.94. The van der Waals surface area contributed by atoms with Crippen LogP contribution in [0, 0.1) is 12.4 Å². The number of aryl methyl sites for hydroxylation is 1. The largest absolute Gasteiger partial charge is 0.325 e. The van der Waals surface area contributed by atoms with Crippen molar-refractivity contribution in [2.45, 2.75) is 6.54 Å². The van der Waals surface area contributed by atoms with E-state index in [2.05, 4.69) is 20.1 Å². The lowest BCUT2D eigenvalue weighted by atomic mass is 9.95. The second kappa shape index (κ2) is 7.41. The topological polar surface area (TPSA) is 93.9 Å². The molecule has 7 nitrogen and oxygen atoms in total. The van der Waals surface area contributed by atoms with Gasteiger partial charge in [0, 0.05) is 35.5 Å². The number of hydrogen-bond donors (Lipinski definition) is 2. The van der Waals surface area contributed by atoms with Gasteiger partial charge in [0.2, 0.25) is 5.69 Å². The fourth-order valence-corrected chi connectivity index (χ4v) is 4.13. The van der Waals surface area contributed by atoms with E-state index in [1.165, 1.54) is 6.07 Å². The first-order valence-corrected chi connectivity index (χ1v) is 9.86. The fraction of sp³-hybridized carbons (Fsp3) is 0.0833. The smallest absolute Gasteiger partial charge is 0.272 e. The van der Waals surface area contributed by atoms with E-state index < -0.39 is 5.82 Å². The quantitative estimate of drug-likeness (QED) is 0.423. The molecule has 0 atom stereocenters. The second-order valence-electron chi connectivity index (χ2n) is 7.41. The molecule has 0 saturated carbocycles. The van der Waals surface area contributed by atoms with Gasteiger partial charge in [-0.15, -0.1) is 0 Å². The van der Waals surface area contributed by atoms with Gasteiger partial charge in [-0.1, -0.05) is 30.3 Å². The van der Waals surface area contributed by atoms with E-state index >= 15 is 0 Å². The highest BCUT2D eigenvalue weighted by Crippen LogP contribution is 2.42. The number of nitrogens with two attached hydrogens (primary N) is 1. The summed E-state index contributed by atoms with van der Waals surface area (Å²) in [6.07, 6.45) is 1.67. The zero-order valence-electron chi connectivity index (χ0n) is 17.1. The number of nitrogens with zero attached hydrogens (tertiary/aromatic N) is 4. The van der Waals surface area contributed by atoms with Crippen molar-refractivity contribution < 1.29 is 4.39 Å². The highest BCUT2D eigenvalue weighted by Gasteiger charge is 2.21. The summed E-state index contributed by atoms with van der Waals surface area (Å²) in [7, 11) is 1.75. The van der Waals surface area contributed by atoms with Crippen LogP contribution in [0.25, 0.3) is 48.8 Å². The van der Waals surface area contributed by atoms with Crippen LogP contribution in [-0.4, -0.2) is 20.0 Å². The Bertz CT molecular complexity index is 1630. The molecule has 0 fully saturated rings. The number of nitrogens with one attached hydrogen (secondary N) is 1. The Morgan fingerprint density at radius 3 is 2.62 bits per heavy atom. The van der Waals surface area contributed by atoms with Gasteiger partial charge in [-0.3, -0.25) is 9.48 Å². The number of aromatic amines is 1. The van der Waals surface area contributed by atoms with Crippen molar-refractivity contribution in [1.29, 1.82) is 0 Å². The third-order valence-corrected chi connectivity index (χ3v) is 5.64. The number of fused-ring (bicyclic) bond motifs is 2. The lowest BCUT2D eigenvalue weighted by Gasteiger charge is -2.13. The highest BCUT2D eigenvalue weighted by molar-refractivity contribution is 6.04. The summed E-state index contributed by atoms with van der Waals surface area (Å²) >= 11 is 0. The Hall–Kier alpha value is -4.35. The molecule has 0 unspecified atom stereocenters. The van der Waals surface area contributed by atoms with Crippen molar-refractivity contribution in [3.8, 4) is 22.4 Å². The Morgan fingerprint density at radius 2 is 1.88 bits per heavy atom. The second-order valence-corrected chi connectivity index (χ2v) is 7.41. The lowest BCUT2D eigenvalue weighted by Crippen LogP contribution is -2.13. The van der Waals surface area contributed by atoms with Gasteiger partial charge in [-0.2, -0.15) is 10.2 Å². The molecule has 5 aromatic rings. The molecule has 5 rings (SSSR count). The van der Waals surface area contributed by atoms with E-state index in [1.807, 2.05) is 6.07 Å². The first-order chi connectivity index (χ1) is 15.5. The SMILES string of the molecule is [C-]#[N+]c1c(-c2c(-c3ccc4c(=O)[nH]nc(CN)c4c3)cnn2C)cc(F)c2ccccc12. The molecule has 32 heavy (non-hydrogen) atoms. The minimum atomic E-state index is -0.408. The molecule has 0 spiro atoms. The van der Waals surface area contributed by atoms with E-state index in [0.29, 0.717) is 49.7 Å². The van der Waals surface area contributed by atoms with Gasteiger partial charge in [0.1, 0.15) is 5.82 Å². The molecule has 0 aliphatic rings. The van der Waals surface area contributed by atoms with E-state index in [9.17, 15) is 9.18 Å². The summed E-state index contributed by atoms with van der Waals surface area (Å²) in [6.45, 7) is 7.94. The van der Waals surface area contributed by atoms with E-state index in [-0.39, 0.29) is 12.1 Å². The predicted molar refractivity (Wildman–Crippen MR) is 122 cm³/mol. The number of rotatable bonds is 3. The van der Waals surface area contributed by atoms with Gasteiger partial charge in [-0.25, -0.2) is 14.3 Å². The minimum absolute atomic E-state index is 0.161. The van der Waals surface area contributed by atoms with Crippen molar-refractivity contribution in [3.05, 3.63) is 88.0 Å². The molecule has 0 amide bonds.